The predicted molar refractivity (Wildman–Crippen MR) is 128 cm³/mol. The van der Waals surface area contributed by atoms with Gasteiger partial charge in [0.2, 0.25) is 5.91 Å². The average molecular weight is 449 g/mol. The summed E-state index contributed by atoms with van der Waals surface area (Å²) in [5.41, 5.74) is 2.88. The van der Waals surface area contributed by atoms with Crippen molar-refractivity contribution in [2.24, 2.45) is 0 Å². The summed E-state index contributed by atoms with van der Waals surface area (Å²) in [6.07, 6.45) is 0.518. The molecule has 4 rings (SSSR count). The molecule has 6 heteroatoms. The van der Waals surface area contributed by atoms with Gasteiger partial charge >= 0.3 is 0 Å². The zero-order chi connectivity index (χ0) is 22.8. The number of hydrogen-bond donors (Lipinski definition) is 1. The van der Waals surface area contributed by atoms with Crippen LogP contribution in [-0.2, 0) is 4.79 Å². The Hall–Kier alpha value is -3.31. The highest BCUT2D eigenvalue weighted by atomic mass is 35.5. The van der Waals surface area contributed by atoms with Crippen molar-refractivity contribution in [1.82, 2.24) is 0 Å². The number of likely N-dealkylation sites (N-methyl/N-ethyl adjacent to an activating group) is 1. The molecule has 2 atom stereocenters. The molecule has 0 radical (unpaired) electrons. The molecule has 0 aliphatic carbocycles. The number of amides is 2. The molecule has 3 aromatic carbocycles. The fourth-order valence-electron chi connectivity index (χ4n) is 4.37. The maximum Gasteiger partial charge on any atom is 0.258 e. The van der Waals surface area contributed by atoms with E-state index in [9.17, 15) is 14.7 Å². The van der Waals surface area contributed by atoms with Crippen molar-refractivity contribution in [2.45, 2.75) is 32.2 Å². The number of rotatable bonds is 4. The van der Waals surface area contributed by atoms with Crippen molar-refractivity contribution in [3.8, 4) is 5.75 Å². The normalized spacial score (nSPS) is 17.5. The second-order valence-corrected chi connectivity index (χ2v) is 8.41. The van der Waals surface area contributed by atoms with Crippen LogP contribution in [0.15, 0.2) is 72.8 Å². The minimum atomic E-state index is -0.360. The van der Waals surface area contributed by atoms with E-state index in [0.29, 0.717) is 23.6 Å². The van der Waals surface area contributed by atoms with Crippen LogP contribution in [0.2, 0.25) is 5.02 Å². The quantitative estimate of drug-likeness (QED) is 0.563. The smallest absolute Gasteiger partial charge is 0.258 e. The Morgan fingerprint density at radius 1 is 1.03 bits per heavy atom. The lowest BCUT2D eigenvalue weighted by Crippen LogP contribution is -2.46. The number of halogens is 1. The van der Waals surface area contributed by atoms with Gasteiger partial charge in [-0.05, 0) is 80.4 Å². The van der Waals surface area contributed by atoms with Gasteiger partial charge in [-0.25, -0.2) is 0 Å². The molecule has 1 aliphatic heterocycles. The summed E-state index contributed by atoms with van der Waals surface area (Å²) >= 11 is 6.02. The number of nitrogens with zero attached hydrogens (tertiary/aromatic N) is 2. The minimum Gasteiger partial charge on any atom is -0.508 e. The zero-order valence-corrected chi connectivity index (χ0v) is 18.8. The first kappa shape index (κ1) is 21.9. The van der Waals surface area contributed by atoms with E-state index in [2.05, 4.69) is 0 Å². The SMILES string of the molecule is CCN(C(=O)[C@H]1C[C@H](C)N(C(=O)c2ccc(O)cc2)c2ccccc21)c1ccc(Cl)cc1. The van der Waals surface area contributed by atoms with Gasteiger partial charge in [-0.2, -0.15) is 0 Å². The number of aromatic hydroxyl groups is 1. The molecule has 2 amide bonds. The van der Waals surface area contributed by atoms with Crippen LogP contribution in [0.25, 0.3) is 0 Å². The van der Waals surface area contributed by atoms with Crippen molar-refractivity contribution < 1.29 is 14.7 Å². The number of anilines is 2. The van der Waals surface area contributed by atoms with Crippen LogP contribution in [0.1, 0.15) is 42.1 Å². The van der Waals surface area contributed by atoms with Crippen LogP contribution in [-0.4, -0.2) is 29.5 Å². The third-order valence-electron chi connectivity index (χ3n) is 5.94. The topological polar surface area (TPSA) is 60.9 Å². The molecule has 1 aliphatic rings. The van der Waals surface area contributed by atoms with Gasteiger partial charge in [0.05, 0.1) is 5.92 Å². The Balaban J connectivity index is 1.70. The van der Waals surface area contributed by atoms with Crippen molar-refractivity contribution >= 4 is 34.8 Å². The van der Waals surface area contributed by atoms with Gasteiger partial charge in [-0.3, -0.25) is 9.59 Å². The number of phenols is 1. The zero-order valence-electron chi connectivity index (χ0n) is 18.0. The molecule has 5 nitrogen and oxygen atoms in total. The standard InChI is InChI=1S/C26H25ClN2O3/c1-3-28(20-12-10-19(27)11-13-20)26(32)23-16-17(2)29(24-7-5-4-6-22(23)24)25(31)18-8-14-21(30)15-9-18/h4-15,17,23,30H,3,16H2,1-2H3/t17-,23-/m0/s1. The molecule has 1 heterocycles. The highest BCUT2D eigenvalue weighted by molar-refractivity contribution is 6.30. The van der Waals surface area contributed by atoms with E-state index >= 15 is 0 Å². The van der Waals surface area contributed by atoms with Crippen molar-refractivity contribution in [1.29, 1.82) is 0 Å². The molecule has 0 fully saturated rings. The first-order valence-corrected chi connectivity index (χ1v) is 11.1. The summed E-state index contributed by atoms with van der Waals surface area (Å²) < 4.78 is 0. The molecule has 0 saturated carbocycles. The Labute approximate surface area is 192 Å². The van der Waals surface area contributed by atoms with Crippen molar-refractivity contribution in [3.63, 3.8) is 0 Å². The number of fused-ring (bicyclic) bond motifs is 1. The van der Waals surface area contributed by atoms with Crippen LogP contribution in [0.3, 0.4) is 0 Å². The fourth-order valence-corrected chi connectivity index (χ4v) is 4.50. The summed E-state index contributed by atoms with van der Waals surface area (Å²) in [7, 11) is 0. The number of hydrogen-bond acceptors (Lipinski definition) is 3. The Bertz CT molecular complexity index is 1130. The lowest BCUT2D eigenvalue weighted by Gasteiger charge is -2.40. The third-order valence-corrected chi connectivity index (χ3v) is 6.19. The number of para-hydroxylation sites is 1. The molecule has 3 aromatic rings. The van der Waals surface area contributed by atoms with E-state index in [1.165, 1.54) is 12.1 Å². The molecule has 164 valence electrons. The first-order valence-electron chi connectivity index (χ1n) is 10.7. The van der Waals surface area contributed by atoms with E-state index < -0.39 is 0 Å². The summed E-state index contributed by atoms with van der Waals surface area (Å²) in [5, 5.41) is 10.2. The van der Waals surface area contributed by atoms with Gasteiger partial charge < -0.3 is 14.9 Å². The molecule has 0 unspecified atom stereocenters. The summed E-state index contributed by atoms with van der Waals surface area (Å²) in [6.45, 7) is 4.45. The second kappa shape index (κ2) is 9.05. The number of carbonyl (C=O) groups excluding carboxylic acids is 2. The molecule has 0 bridgehead atoms. The monoisotopic (exact) mass is 448 g/mol. The maximum absolute atomic E-state index is 13.7. The third kappa shape index (κ3) is 4.08. The molecular formula is C26H25ClN2O3. The molecule has 0 aromatic heterocycles. The highest BCUT2D eigenvalue weighted by Crippen LogP contribution is 2.40. The van der Waals surface area contributed by atoms with Gasteiger partial charge in [0, 0.05) is 34.5 Å². The van der Waals surface area contributed by atoms with E-state index in [1.807, 2.05) is 50.2 Å². The lowest BCUT2D eigenvalue weighted by molar-refractivity contribution is -0.120. The number of benzene rings is 3. The average Bonchev–Trinajstić information content (AvgIpc) is 2.80. The maximum atomic E-state index is 13.7. The fraction of sp³-hybridized carbons (Fsp3) is 0.231. The highest BCUT2D eigenvalue weighted by Gasteiger charge is 2.38. The van der Waals surface area contributed by atoms with Crippen molar-refractivity contribution in [2.75, 3.05) is 16.3 Å². The summed E-state index contributed by atoms with van der Waals surface area (Å²) in [5.74, 6) is -0.395. The van der Waals surface area contributed by atoms with Crippen LogP contribution < -0.4 is 9.80 Å². The summed E-state index contributed by atoms with van der Waals surface area (Å²) in [6, 6.07) is 20.9. The van der Waals surface area contributed by atoms with Crippen molar-refractivity contribution in [3.05, 3.63) is 88.9 Å². The Kier molecular flexibility index (Phi) is 6.19. The molecule has 0 spiro atoms. The molecule has 32 heavy (non-hydrogen) atoms. The second-order valence-electron chi connectivity index (χ2n) is 7.98. The van der Waals surface area contributed by atoms with Gasteiger partial charge in [0.25, 0.3) is 5.91 Å². The predicted octanol–water partition coefficient (Wildman–Crippen LogP) is 5.62. The Morgan fingerprint density at radius 3 is 2.34 bits per heavy atom. The van der Waals surface area contributed by atoms with Crippen LogP contribution >= 0.6 is 11.6 Å². The van der Waals surface area contributed by atoms with Gasteiger partial charge in [-0.1, -0.05) is 29.8 Å². The van der Waals surface area contributed by atoms with E-state index in [0.717, 1.165) is 16.9 Å². The number of phenolic OH excluding ortho intramolecular Hbond substituents is 1. The van der Waals surface area contributed by atoms with E-state index in [1.54, 1.807) is 34.1 Å². The van der Waals surface area contributed by atoms with E-state index in [4.69, 9.17) is 11.6 Å². The molecule has 1 N–H and O–H groups in total. The Morgan fingerprint density at radius 2 is 1.69 bits per heavy atom. The van der Waals surface area contributed by atoms with Gasteiger partial charge in [-0.15, -0.1) is 0 Å². The molecular weight excluding hydrogens is 424 g/mol. The molecule has 0 saturated heterocycles. The van der Waals surface area contributed by atoms with Gasteiger partial charge in [0.15, 0.2) is 0 Å². The lowest BCUT2D eigenvalue weighted by atomic mass is 9.84. The largest absolute Gasteiger partial charge is 0.508 e. The first-order chi connectivity index (χ1) is 15.4. The minimum absolute atomic E-state index is 0.00542. The number of carbonyl (C=O) groups is 2. The summed E-state index contributed by atoms with van der Waals surface area (Å²) in [4.78, 5) is 30.5. The van der Waals surface area contributed by atoms with Crippen LogP contribution in [0, 0.1) is 0 Å². The van der Waals surface area contributed by atoms with Crippen LogP contribution in [0.4, 0.5) is 11.4 Å². The van der Waals surface area contributed by atoms with Crippen LogP contribution in [0.5, 0.6) is 5.75 Å². The van der Waals surface area contributed by atoms with Gasteiger partial charge in [0.1, 0.15) is 5.75 Å². The van der Waals surface area contributed by atoms with E-state index in [-0.39, 0.29) is 29.5 Å².